The summed E-state index contributed by atoms with van der Waals surface area (Å²) in [6, 6.07) is -0.606. The van der Waals surface area contributed by atoms with Crippen molar-refractivity contribution in [2.45, 2.75) is 127 Å². The van der Waals surface area contributed by atoms with Crippen molar-refractivity contribution in [1.29, 1.82) is 0 Å². The number of esters is 1. The first kappa shape index (κ1) is 29.6. The van der Waals surface area contributed by atoms with Gasteiger partial charge in [0.2, 0.25) is 5.79 Å². The highest BCUT2D eigenvalue weighted by Crippen LogP contribution is 2.77. The Bertz CT molecular complexity index is 1210. The van der Waals surface area contributed by atoms with E-state index in [9.17, 15) is 35.5 Å². The van der Waals surface area contributed by atoms with Crippen LogP contribution >= 0.6 is 0 Å². The molecule has 236 valence electrons. The van der Waals surface area contributed by atoms with Gasteiger partial charge in [-0.05, 0) is 59.3 Å². The average molecular weight is 592 g/mol. The van der Waals surface area contributed by atoms with Crippen LogP contribution in [0.2, 0.25) is 0 Å². The third-order valence-electron chi connectivity index (χ3n) is 14.1. The molecule has 0 aromatic carbocycles. The van der Waals surface area contributed by atoms with Crippen LogP contribution in [0.1, 0.15) is 79.6 Å². The lowest BCUT2D eigenvalue weighted by molar-refractivity contribution is -0.934. The second-order valence-electron chi connectivity index (χ2n) is 15.8. The summed E-state index contributed by atoms with van der Waals surface area (Å²) in [5.41, 5.74) is -4.49. The normalized spacial score (nSPS) is 61.5. The van der Waals surface area contributed by atoms with E-state index in [1.165, 1.54) is 0 Å². The van der Waals surface area contributed by atoms with Crippen LogP contribution in [0.25, 0.3) is 0 Å². The van der Waals surface area contributed by atoms with Gasteiger partial charge in [-0.15, -0.1) is 0 Å². The molecule has 0 aromatic heterocycles. The van der Waals surface area contributed by atoms with Gasteiger partial charge < -0.3 is 44.9 Å². The number of ether oxygens (including phenoxy) is 2. The standard InChI is InChI=1S/C32H49NO9/c1-6-17(3)27(36)41-23-11-12-28(4)20-8-9-21-30(28,42-32(20,23)39)13-19-18-15-33(40)14-16(2)7-10-22(33)29(5,37)24(18)25(34)26(35)31(19,21)38/h6,16,18-26,34-35,37-39H,7-15H2,1-5H3/b17-6-/t16-,18-,19-,20-,21+,22-,23-,24+,25+,26-,28-,29+,30+,31-,32-,33?/m0/s1. The molecule has 10 heteroatoms. The van der Waals surface area contributed by atoms with Crippen molar-refractivity contribution in [3.8, 4) is 0 Å². The van der Waals surface area contributed by atoms with Crippen LogP contribution in [0.5, 0.6) is 0 Å². The molecule has 16 atom stereocenters. The average Bonchev–Trinajstić information content (AvgIpc) is 3.16. The molecule has 4 saturated carbocycles. The van der Waals surface area contributed by atoms with Gasteiger partial charge in [-0.2, -0.15) is 0 Å². The summed E-state index contributed by atoms with van der Waals surface area (Å²) in [5.74, 6) is -4.96. The molecule has 42 heavy (non-hydrogen) atoms. The SMILES string of the molecule is C/C=C(/C)C(=O)O[C@H]1CC[C@@]2(C)[C@@H]3CC[C@H]4[C@]5(O)[C@@H](O)[C@H](O)[C@H]6[C@@H](C[N+]7([O-])C[C@@H](C)CC[C@H]7[C@@]6(C)O)[C@@H]5C[C@@]42O[C@]13O. The Morgan fingerprint density at radius 1 is 1.05 bits per heavy atom. The first-order chi connectivity index (χ1) is 19.5. The monoisotopic (exact) mass is 591 g/mol. The lowest BCUT2D eigenvalue weighted by atomic mass is 9.49. The van der Waals surface area contributed by atoms with Crippen LogP contribution in [0.15, 0.2) is 11.6 Å². The summed E-state index contributed by atoms with van der Waals surface area (Å²) in [7, 11) is 0. The van der Waals surface area contributed by atoms with Crippen LogP contribution in [-0.4, -0.2) is 96.2 Å². The van der Waals surface area contributed by atoms with Crippen molar-refractivity contribution in [2.75, 3.05) is 13.1 Å². The molecule has 5 N–H and O–H groups in total. The van der Waals surface area contributed by atoms with Crippen LogP contribution < -0.4 is 0 Å². The number of aliphatic hydroxyl groups is 5. The summed E-state index contributed by atoms with van der Waals surface area (Å²) >= 11 is 0. The number of carbonyl (C=O) groups is 1. The van der Waals surface area contributed by atoms with Crippen LogP contribution in [0.4, 0.5) is 0 Å². The fourth-order valence-corrected chi connectivity index (χ4v) is 12.2. The van der Waals surface area contributed by atoms with Crippen molar-refractivity contribution in [2.24, 2.45) is 40.9 Å². The summed E-state index contributed by atoms with van der Waals surface area (Å²) in [4.78, 5) is 12.8. The van der Waals surface area contributed by atoms with Gasteiger partial charge in [0.05, 0.1) is 24.8 Å². The Kier molecular flexibility index (Phi) is 6.19. The van der Waals surface area contributed by atoms with Crippen molar-refractivity contribution in [1.82, 2.24) is 0 Å². The molecule has 0 aromatic rings. The highest BCUT2D eigenvalue weighted by atomic mass is 16.7. The molecule has 4 aliphatic carbocycles. The number of nitrogens with zero attached hydrogens (tertiary/aromatic N) is 1. The minimum Gasteiger partial charge on any atom is -0.633 e. The summed E-state index contributed by atoms with van der Waals surface area (Å²) < 4.78 is 12.1. The zero-order valence-corrected chi connectivity index (χ0v) is 25.5. The number of fused-ring (bicyclic) bond motifs is 5. The maximum atomic E-state index is 14.5. The lowest BCUT2D eigenvalue weighted by Gasteiger charge is -2.68. The Morgan fingerprint density at radius 2 is 1.74 bits per heavy atom. The first-order valence-corrected chi connectivity index (χ1v) is 16.2. The number of allylic oxidation sites excluding steroid dienone is 1. The van der Waals surface area contributed by atoms with E-state index >= 15 is 0 Å². The number of aliphatic hydroxyl groups excluding tert-OH is 2. The number of piperidine rings is 2. The quantitative estimate of drug-likeness (QED) is 0.140. The van der Waals surface area contributed by atoms with Gasteiger partial charge in [-0.3, -0.25) is 0 Å². The zero-order valence-electron chi connectivity index (χ0n) is 25.5. The smallest absolute Gasteiger partial charge is 0.333 e. The number of hydroxylamine groups is 3. The van der Waals surface area contributed by atoms with Crippen molar-refractivity contribution >= 4 is 5.97 Å². The van der Waals surface area contributed by atoms with Gasteiger partial charge in [0.15, 0.2) is 6.10 Å². The zero-order chi connectivity index (χ0) is 30.4. The van der Waals surface area contributed by atoms with Crippen LogP contribution in [0, 0.1) is 46.1 Å². The predicted octanol–water partition coefficient (Wildman–Crippen LogP) is 1.74. The molecule has 3 aliphatic heterocycles. The van der Waals surface area contributed by atoms with Crippen molar-refractivity contribution < 1.29 is 44.4 Å². The number of quaternary nitrogens is 1. The van der Waals surface area contributed by atoms with E-state index in [0.717, 1.165) is 6.42 Å². The molecule has 1 unspecified atom stereocenters. The van der Waals surface area contributed by atoms with Crippen molar-refractivity contribution in [3.05, 3.63) is 16.9 Å². The minimum atomic E-state index is -1.76. The third-order valence-corrected chi connectivity index (χ3v) is 14.1. The van der Waals surface area contributed by atoms with E-state index in [0.29, 0.717) is 50.6 Å². The number of hydrogen-bond donors (Lipinski definition) is 5. The number of rotatable bonds is 2. The highest BCUT2D eigenvalue weighted by molar-refractivity contribution is 5.87. The molecule has 4 bridgehead atoms. The van der Waals surface area contributed by atoms with Crippen LogP contribution in [-0.2, 0) is 14.3 Å². The summed E-state index contributed by atoms with van der Waals surface area (Å²) in [5, 5.41) is 74.9. The lowest BCUT2D eigenvalue weighted by Crippen LogP contribution is -2.79. The number of carbonyl (C=O) groups excluding carboxylic acids is 1. The molecular formula is C32H49NO9. The van der Waals surface area contributed by atoms with Gasteiger partial charge in [0, 0.05) is 52.9 Å². The van der Waals surface area contributed by atoms with E-state index in [-0.39, 0.29) is 18.4 Å². The molecule has 7 fully saturated rings. The Morgan fingerprint density at radius 3 is 2.43 bits per heavy atom. The Labute approximate surface area is 247 Å². The fraction of sp³-hybridized carbons (Fsp3) is 0.906. The molecule has 0 amide bonds. The first-order valence-electron chi connectivity index (χ1n) is 16.2. The summed E-state index contributed by atoms with van der Waals surface area (Å²) in [6.07, 6.45) is 1.45. The van der Waals surface area contributed by atoms with E-state index in [2.05, 4.69) is 13.8 Å². The van der Waals surface area contributed by atoms with E-state index in [4.69, 9.17) is 9.47 Å². The molecule has 3 heterocycles. The summed E-state index contributed by atoms with van der Waals surface area (Å²) in [6.45, 7) is 9.73. The van der Waals surface area contributed by atoms with Gasteiger partial charge in [0.25, 0.3) is 0 Å². The largest absolute Gasteiger partial charge is 0.633 e. The minimum absolute atomic E-state index is 0.155. The second kappa shape index (κ2) is 8.78. The Balaban J connectivity index is 1.30. The van der Waals surface area contributed by atoms with Gasteiger partial charge >= 0.3 is 5.97 Å². The van der Waals surface area contributed by atoms with E-state index in [1.54, 1.807) is 26.8 Å². The van der Waals surface area contributed by atoms with Crippen LogP contribution in [0.3, 0.4) is 0 Å². The maximum absolute atomic E-state index is 14.5. The Hall–Kier alpha value is -1.11. The molecule has 7 rings (SSSR count). The van der Waals surface area contributed by atoms with Gasteiger partial charge in [-0.1, -0.05) is 19.9 Å². The molecule has 3 saturated heterocycles. The van der Waals surface area contributed by atoms with Gasteiger partial charge in [-0.25, -0.2) is 4.79 Å². The third kappa shape index (κ3) is 3.26. The maximum Gasteiger partial charge on any atom is 0.333 e. The topological polar surface area (TPSA) is 160 Å². The fourth-order valence-electron chi connectivity index (χ4n) is 12.2. The van der Waals surface area contributed by atoms with E-state index < -0.39 is 86.6 Å². The molecular weight excluding hydrogens is 542 g/mol. The molecule has 10 nitrogen and oxygen atoms in total. The van der Waals surface area contributed by atoms with E-state index in [1.807, 2.05) is 0 Å². The molecule has 1 spiro atoms. The predicted molar refractivity (Wildman–Crippen MR) is 150 cm³/mol. The molecule has 0 radical (unpaired) electrons. The van der Waals surface area contributed by atoms with Gasteiger partial charge in [0.1, 0.15) is 23.3 Å². The van der Waals surface area contributed by atoms with Crippen molar-refractivity contribution in [3.63, 3.8) is 0 Å². The number of hydrogen-bond acceptors (Lipinski definition) is 9. The second-order valence-corrected chi connectivity index (χ2v) is 15.8. The highest BCUT2D eigenvalue weighted by Gasteiger charge is 2.85. The molecule has 7 aliphatic rings.